The van der Waals surface area contributed by atoms with E-state index in [0.717, 1.165) is 40.9 Å². The van der Waals surface area contributed by atoms with E-state index in [2.05, 4.69) is 39.9 Å². The third-order valence-corrected chi connectivity index (χ3v) is 4.09. The number of rotatable bonds is 5. The van der Waals surface area contributed by atoms with Crippen molar-refractivity contribution in [2.24, 2.45) is 5.73 Å². The fourth-order valence-corrected chi connectivity index (χ4v) is 2.85. The smallest absolute Gasteiger partial charge is 0.0766 e. The molecule has 0 spiro atoms. The molecule has 5 heteroatoms. The number of aromatic nitrogens is 3. The van der Waals surface area contributed by atoms with Gasteiger partial charge >= 0.3 is 0 Å². The number of aryl methyl sites for hydroxylation is 2. The van der Waals surface area contributed by atoms with Gasteiger partial charge < -0.3 is 5.73 Å². The number of pyridine rings is 1. The maximum absolute atomic E-state index is 6.25. The molecule has 2 aromatic rings. The molecule has 0 aromatic carbocycles. The highest BCUT2D eigenvalue weighted by Crippen LogP contribution is 2.25. The largest absolute Gasteiger partial charge is 0.322 e. The molecular formula is C14H19BrN4. The van der Waals surface area contributed by atoms with Crippen LogP contribution < -0.4 is 5.73 Å². The number of nitrogens with zero attached hydrogens (tertiary/aromatic N) is 3. The van der Waals surface area contributed by atoms with E-state index in [1.807, 2.05) is 22.9 Å². The third-order valence-electron chi connectivity index (χ3n) is 3.18. The normalized spacial score (nSPS) is 12.6. The van der Waals surface area contributed by atoms with Gasteiger partial charge in [0.25, 0.3) is 0 Å². The molecule has 0 aliphatic carbocycles. The van der Waals surface area contributed by atoms with Crippen LogP contribution in [-0.4, -0.2) is 14.8 Å². The minimum absolute atomic E-state index is 0.107. The van der Waals surface area contributed by atoms with E-state index in [4.69, 9.17) is 5.73 Å². The van der Waals surface area contributed by atoms with Crippen molar-refractivity contribution >= 4 is 15.9 Å². The van der Waals surface area contributed by atoms with Crippen molar-refractivity contribution < 1.29 is 0 Å². The first-order chi connectivity index (χ1) is 9.17. The summed E-state index contributed by atoms with van der Waals surface area (Å²) in [5.74, 6) is 0. The standard InChI is InChI=1S/C14H19BrN4/c1-3-11-14(15)13(19(4-2)18-11)9-10(16)12-7-5-6-8-17-12/h5-8,10H,3-4,9,16H2,1-2H3. The zero-order chi connectivity index (χ0) is 13.8. The molecule has 0 amide bonds. The average molecular weight is 323 g/mol. The van der Waals surface area contributed by atoms with Gasteiger partial charge in [0.15, 0.2) is 0 Å². The minimum atomic E-state index is -0.107. The van der Waals surface area contributed by atoms with Crippen molar-refractivity contribution in [3.63, 3.8) is 0 Å². The predicted molar refractivity (Wildman–Crippen MR) is 79.8 cm³/mol. The average Bonchev–Trinajstić information content (AvgIpc) is 2.76. The van der Waals surface area contributed by atoms with Gasteiger partial charge in [0, 0.05) is 19.2 Å². The lowest BCUT2D eigenvalue weighted by atomic mass is 10.1. The van der Waals surface area contributed by atoms with Crippen LogP contribution in [0.15, 0.2) is 28.9 Å². The van der Waals surface area contributed by atoms with Crippen LogP contribution in [0.2, 0.25) is 0 Å². The first kappa shape index (κ1) is 14.2. The van der Waals surface area contributed by atoms with Crippen LogP contribution >= 0.6 is 15.9 Å². The highest BCUT2D eigenvalue weighted by atomic mass is 79.9. The fraction of sp³-hybridized carbons (Fsp3) is 0.429. The number of hydrogen-bond acceptors (Lipinski definition) is 3. The van der Waals surface area contributed by atoms with Crippen molar-refractivity contribution in [3.05, 3.63) is 46.0 Å². The second kappa shape index (κ2) is 6.30. The summed E-state index contributed by atoms with van der Waals surface area (Å²) in [6.07, 6.45) is 3.43. The highest BCUT2D eigenvalue weighted by molar-refractivity contribution is 9.10. The lowest BCUT2D eigenvalue weighted by Gasteiger charge is -2.12. The molecule has 0 bridgehead atoms. The second-order valence-electron chi connectivity index (χ2n) is 4.44. The molecule has 0 aliphatic heterocycles. The van der Waals surface area contributed by atoms with Gasteiger partial charge in [-0.2, -0.15) is 5.10 Å². The zero-order valence-corrected chi connectivity index (χ0v) is 12.9. The Morgan fingerprint density at radius 3 is 2.74 bits per heavy atom. The molecule has 1 unspecified atom stereocenters. The van der Waals surface area contributed by atoms with Gasteiger partial charge in [-0.05, 0) is 41.4 Å². The van der Waals surface area contributed by atoms with Crippen molar-refractivity contribution in [1.29, 1.82) is 0 Å². The number of hydrogen-bond donors (Lipinski definition) is 1. The fourth-order valence-electron chi connectivity index (χ4n) is 2.12. The topological polar surface area (TPSA) is 56.7 Å². The summed E-state index contributed by atoms with van der Waals surface area (Å²) in [7, 11) is 0. The Hall–Kier alpha value is -1.20. The maximum atomic E-state index is 6.25. The van der Waals surface area contributed by atoms with Crippen LogP contribution in [0.5, 0.6) is 0 Å². The Balaban J connectivity index is 2.26. The van der Waals surface area contributed by atoms with E-state index in [1.54, 1.807) is 6.20 Å². The molecule has 0 saturated heterocycles. The molecule has 2 rings (SSSR count). The van der Waals surface area contributed by atoms with Crippen LogP contribution in [0.25, 0.3) is 0 Å². The molecule has 2 N–H and O–H groups in total. The van der Waals surface area contributed by atoms with Crippen LogP contribution in [0.1, 0.15) is 37.0 Å². The summed E-state index contributed by atoms with van der Waals surface area (Å²) in [4.78, 5) is 4.32. The first-order valence-corrected chi connectivity index (χ1v) is 7.37. The van der Waals surface area contributed by atoms with Crippen molar-refractivity contribution in [2.45, 2.75) is 39.3 Å². The lowest BCUT2D eigenvalue weighted by molar-refractivity contribution is 0.579. The third kappa shape index (κ3) is 3.04. The second-order valence-corrected chi connectivity index (χ2v) is 5.23. The maximum Gasteiger partial charge on any atom is 0.0766 e. The quantitative estimate of drug-likeness (QED) is 0.920. The molecule has 0 aliphatic rings. The van der Waals surface area contributed by atoms with Crippen LogP contribution in [-0.2, 0) is 19.4 Å². The minimum Gasteiger partial charge on any atom is -0.322 e. The predicted octanol–water partition coefficient (Wildman–Crippen LogP) is 2.87. The van der Waals surface area contributed by atoms with Crippen LogP contribution in [0.3, 0.4) is 0 Å². The molecule has 102 valence electrons. The molecule has 0 fully saturated rings. The molecule has 19 heavy (non-hydrogen) atoms. The van der Waals surface area contributed by atoms with Crippen LogP contribution in [0, 0.1) is 0 Å². The van der Waals surface area contributed by atoms with Gasteiger partial charge in [0.1, 0.15) is 0 Å². The number of nitrogens with two attached hydrogens (primary N) is 1. The van der Waals surface area contributed by atoms with E-state index in [0.29, 0.717) is 0 Å². The van der Waals surface area contributed by atoms with Crippen molar-refractivity contribution in [1.82, 2.24) is 14.8 Å². The first-order valence-electron chi connectivity index (χ1n) is 6.57. The molecule has 2 aromatic heterocycles. The van der Waals surface area contributed by atoms with Gasteiger partial charge in [-0.3, -0.25) is 9.67 Å². The Labute approximate surface area is 122 Å². The summed E-state index contributed by atoms with van der Waals surface area (Å²) in [5, 5.41) is 4.59. The Kier molecular flexibility index (Phi) is 4.71. The summed E-state index contributed by atoms with van der Waals surface area (Å²) in [6, 6.07) is 5.72. The van der Waals surface area contributed by atoms with E-state index < -0.39 is 0 Å². The summed E-state index contributed by atoms with van der Waals surface area (Å²) >= 11 is 3.64. The van der Waals surface area contributed by atoms with Gasteiger partial charge in [0.2, 0.25) is 0 Å². The SMILES string of the molecule is CCc1nn(CC)c(CC(N)c2ccccn2)c1Br. The van der Waals surface area contributed by atoms with E-state index >= 15 is 0 Å². The van der Waals surface area contributed by atoms with E-state index in [-0.39, 0.29) is 6.04 Å². The molecule has 0 saturated carbocycles. The molecule has 2 heterocycles. The van der Waals surface area contributed by atoms with Crippen molar-refractivity contribution in [2.75, 3.05) is 0 Å². The Morgan fingerprint density at radius 2 is 2.16 bits per heavy atom. The molecule has 1 atom stereocenters. The highest BCUT2D eigenvalue weighted by Gasteiger charge is 2.17. The lowest BCUT2D eigenvalue weighted by Crippen LogP contribution is -2.17. The van der Waals surface area contributed by atoms with Gasteiger partial charge in [0.05, 0.1) is 27.6 Å². The Morgan fingerprint density at radius 1 is 1.37 bits per heavy atom. The Bertz CT molecular complexity index is 536. The summed E-state index contributed by atoms with van der Waals surface area (Å²) in [5.41, 5.74) is 9.40. The van der Waals surface area contributed by atoms with Gasteiger partial charge in [-0.15, -0.1) is 0 Å². The molecular weight excluding hydrogens is 304 g/mol. The monoisotopic (exact) mass is 322 g/mol. The van der Waals surface area contributed by atoms with Gasteiger partial charge in [-0.1, -0.05) is 13.0 Å². The summed E-state index contributed by atoms with van der Waals surface area (Å²) in [6.45, 7) is 5.05. The van der Waals surface area contributed by atoms with Gasteiger partial charge in [-0.25, -0.2) is 0 Å². The van der Waals surface area contributed by atoms with E-state index in [9.17, 15) is 0 Å². The van der Waals surface area contributed by atoms with E-state index in [1.165, 1.54) is 0 Å². The number of halogens is 1. The zero-order valence-electron chi connectivity index (χ0n) is 11.3. The van der Waals surface area contributed by atoms with Crippen LogP contribution in [0.4, 0.5) is 0 Å². The van der Waals surface area contributed by atoms with Crippen molar-refractivity contribution in [3.8, 4) is 0 Å². The molecule has 0 radical (unpaired) electrons. The molecule has 4 nitrogen and oxygen atoms in total. The summed E-state index contributed by atoms with van der Waals surface area (Å²) < 4.78 is 3.11.